The van der Waals surface area contributed by atoms with Crippen molar-refractivity contribution in [1.82, 2.24) is 5.32 Å². The molecular formula is C20H21NO4. The highest BCUT2D eigenvalue weighted by Gasteiger charge is 2.23. The maximum absolute atomic E-state index is 12.7. The number of ether oxygens (including phenoxy) is 1. The molecule has 130 valence electrons. The number of amides is 1. The number of carbonyl (C=O) groups excluding carboxylic acids is 3. The number of ketones is 1. The molecule has 0 bridgehead atoms. The lowest BCUT2D eigenvalue weighted by Gasteiger charge is -2.14. The van der Waals surface area contributed by atoms with Crippen LogP contribution in [0.5, 0.6) is 0 Å². The van der Waals surface area contributed by atoms with Gasteiger partial charge in [0.15, 0.2) is 11.9 Å². The first-order valence-corrected chi connectivity index (χ1v) is 8.13. The van der Waals surface area contributed by atoms with Crippen molar-refractivity contribution >= 4 is 17.7 Å². The van der Waals surface area contributed by atoms with Crippen molar-refractivity contribution in [1.29, 1.82) is 0 Å². The number of nitrogens with one attached hydrogen (secondary N) is 1. The van der Waals surface area contributed by atoms with Crippen LogP contribution in [0.25, 0.3) is 0 Å². The number of aryl methyl sites for hydroxylation is 1. The van der Waals surface area contributed by atoms with Crippen LogP contribution in [-0.4, -0.2) is 30.3 Å². The molecule has 1 N–H and O–H groups in total. The van der Waals surface area contributed by atoms with Crippen molar-refractivity contribution in [2.45, 2.75) is 26.9 Å². The zero-order valence-corrected chi connectivity index (χ0v) is 14.5. The van der Waals surface area contributed by atoms with Crippen LogP contribution in [0.1, 0.15) is 45.7 Å². The third-order valence-corrected chi connectivity index (χ3v) is 3.71. The molecule has 0 aliphatic heterocycles. The molecule has 25 heavy (non-hydrogen) atoms. The highest BCUT2D eigenvalue weighted by molar-refractivity contribution is 6.14. The Morgan fingerprint density at radius 3 is 2.20 bits per heavy atom. The van der Waals surface area contributed by atoms with E-state index in [-0.39, 0.29) is 22.8 Å². The van der Waals surface area contributed by atoms with E-state index in [9.17, 15) is 14.4 Å². The Hall–Kier alpha value is -2.95. The zero-order valence-electron chi connectivity index (χ0n) is 14.5. The SMILES string of the molecule is CCNC(=O)[C@H](C)OC(=O)c1ccccc1C(=O)c1ccc(C)cc1. The van der Waals surface area contributed by atoms with Gasteiger partial charge >= 0.3 is 5.97 Å². The van der Waals surface area contributed by atoms with E-state index in [2.05, 4.69) is 5.32 Å². The maximum atomic E-state index is 12.7. The molecule has 0 fully saturated rings. The number of carbonyl (C=O) groups is 3. The summed E-state index contributed by atoms with van der Waals surface area (Å²) in [6, 6.07) is 13.6. The van der Waals surface area contributed by atoms with Crippen molar-refractivity contribution < 1.29 is 19.1 Å². The lowest BCUT2D eigenvalue weighted by atomic mass is 9.98. The number of rotatable bonds is 6. The van der Waals surface area contributed by atoms with E-state index in [0.29, 0.717) is 12.1 Å². The van der Waals surface area contributed by atoms with Gasteiger partial charge in [-0.15, -0.1) is 0 Å². The predicted molar refractivity (Wildman–Crippen MR) is 94.6 cm³/mol. The molecule has 1 atom stereocenters. The normalized spacial score (nSPS) is 11.5. The van der Waals surface area contributed by atoms with Crippen LogP contribution in [-0.2, 0) is 9.53 Å². The summed E-state index contributed by atoms with van der Waals surface area (Å²) in [4.78, 5) is 36.9. The number of hydrogen-bond acceptors (Lipinski definition) is 4. The number of hydrogen-bond donors (Lipinski definition) is 1. The second-order valence-corrected chi connectivity index (χ2v) is 5.68. The summed E-state index contributed by atoms with van der Waals surface area (Å²) in [7, 11) is 0. The topological polar surface area (TPSA) is 72.5 Å². The van der Waals surface area contributed by atoms with Crippen LogP contribution >= 0.6 is 0 Å². The minimum Gasteiger partial charge on any atom is -0.449 e. The van der Waals surface area contributed by atoms with Crippen LogP contribution in [0, 0.1) is 6.92 Å². The fourth-order valence-electron chi connectivity index (χ4n) is 2.32. The molecule has 0 saturated carbocycles. The first-order chi connectivity index (χ1) is 11.9. The summed E-state index contributed by atoms with van der Waals surface area (Å²) < 4.78 is 5.19. The van der Waals surface area contributed by atoms with Gasteiger partial charge in [-0.3, -0.25) is 9.59 Å². The summed E-state index contributed by atoms with van der Waals surface area (Å²) in [6.45, 7) is 5.65. The number of likely N-dealkylation sites (N-methyl/N-ethyl adjacent to an activating group) is 1. The van der Waals surface area contributed by atoms with Gasteiger partial charge in [0.1, 0.15) is 0 Å². The van der Waals surface area contributed by atoms with E-state index in [1.165, 1.54) is 13.0 Å². The lowest BCUT2D eigenvalue weighted by Crippen LogP contribution is -2.35. The van der Waals surface area contributed by atoms with Crippen LogP contribution in [0.15, 0.2) is 48.5 Å². The third kappa shape index (κ3) is 4.53. The Morgan fingerprint density at radius 1 is 1.00 bits per heavy atom. The first-order valence-electron chi connectivity index (χ1n) is 8.13. The molecule has 0 aliphatic carbocycles. The number of esters is 1. The molecule has 0 saturated heterocycles. The average molecular weight is 339 g/mol. The smallest absolute Gasteiger partial charge is 0.339 e. The Balaban J connectivity index is 2.25. The van der Waals surface area contributed by atoms with E-state index in [1.807, 2.05) is 19.1 Å². The predicted octanol–water partition coefficient (Wildman–Crippen LogP) is 2.91. The Morgan fingerprint density at radius 2 is 1.60 bits per heavy atom. The van der Waals surface area contributed by atoms with Gasteiger partial charge in [0, 0.05) is 17.7 Å². The standard InChI is InChI=1S/C20H21NO4/c1-4-21-19(23)14(3)25-20(24)17-8-6-5-7-16(17)18(22)15-11-9-13(2)10-12-15/h5-12,14H,4H2,1-3H3,(H,21,23)/t14-/m0/s1. The summed E-state index contributed by atoms with van der Waals surface area (Å²) in [5, 5.41) is 2.59. The van der Waals surface area contributed by atoms with Gasteiger partial charge in [-0.25, -0.2) is 4.79 Å². The molecule has 0 heterocycles. The average Bonchev–Trinajstić information content (AvgIpc) is 2.62. The molecule has 1 amide bonds. The largest absolute Gasteiger partial charge is 0.449 e. The minimum absolute atomic E-state index is 0.143. The minimum atomic E-state index is -0.935. The molecule has 0 spiro atoms. The van der Waals surface area contributed by atoms with Gasteiger partial charge in [-0.05, 0) is 26.8 Å². The van der Waals surface area contributed by atoms with Gasteiger partial charge in [0.2, 0.25) is 0 Å². The molecule has 0 aliphatic rings. The first kappa shape index (κ1) is 18.4. The highest BCUT2D eigenvalue weighted by atomic mass is 16.5. The van der Waals surface area contributed by atoms with Gasteiger partial charge in [-0.2, -0.15) is 0 Å². The Bertz CT molecular complexity index is 781. The summed E-state index contributed by atoms with van der Waals surface area (Å²) >= 11 is 0. The van der Waals surface area contributed by atoms with E-state index < -0.39 is 12.1 Å². The maximum Gasteiger partial charge on any atom is 0.339 e. The van der Waals surface area contributed by atoms with E-state index in [4.69, 9.17) is 4.74 Å². The molecule has 0 unspecified atom stereocenters. The molecule has 0 radical (unpaired) electrons. The van der Waals surface area contributed by atoms with Gasteiger partial charge in [0.25, 0.3) is 5.91 Å². The molecule has 2 rings (SSSR count). The summed E-state index contributed by atoms with van der Waals surface area (Å²) in [5.74, 6) is -1.34. The van der Waals surface area contributed by atoms with Crippen LogP contribution < -0.4 is 5.32 Å². The highest BCUT2D eigenvalue weighted by Crippen LogP contribution is 2.17. The van der Waals surface area contributed by atoms with Gasteiger partial charge in [0.05, 0.1) is 5.56 Å². The van der Waals surface area contributed by atoms with Crippen molar-refractivity contribution in [3.63, 3.8) is 0 Å². The fraction of sp³-hybridized carbons (Fsp3) is 0.250. The molecule has 2 aromatic carbocycles. The second-order valence-electron chi connectivity index (χ2n) is 5.68. The molecule has 5 heteroatoms. The Kier molecular flexibility index (Phi) is 6.06. The third-order valence-electron chi connectivity index (χ3n) is 3.71. The van der Waals surface area contributed by atoms with Crippen LogP contribution in [0.2, 0.25) is 0 Å². The molecule has 2 aromatic rings. The monoisotopic (exact) mass is 339 g/mol. The summed E-state index contributed by atoms with van der Waals surface area (Å²) in [6.07, 6.45) is -0.935. The van der Waals surface area contributed by atoms with E-state index in [1.54, 1.807) is 37.3 Å². The van der Waals surface area contributed by atoms with Crippen LogP contribution in [0.3, 0.4) is 0 Å². The van der Waals surface area contributed by atoms with E-state index >= 15 is 0 Å². The van der Waals surface area contributed by atoms with E-state index in [0.717, 1.165) is 5.56 Å². The quantitative estimate of drug-likeness (QED) is 0.649. The van der Waals surface area contributed by atoms with Crippen molar-refractivity contribution in [3.05, 3.63) is 70.8 Å². The molecule has 0 aromatic heterocycles. The molecule has 5 nitrogen and oxygen atoms in total. The lowest BCUT2D eigenvalue weighted by molar-refractivity contribution is -0.128. The van der Waals surface area contributed by atoms with Crippen molar-refractivity contribution in [2.24, 2.45) is 0 Å². The summed E-state index contributed by atoms with van der Waals surface area (Å²) in [5.41, 5.74) is 1.92. The van der Waals surface area contributed by atoms with Crippen molar-refractivity contribution in [3.8, 4) is 0 Å². The van der Waals surface area contributed by atoms with Crippen LogP contribution in [0.4, 0.5) is 0 Å². The second kappa shape index (κ2) is 8.24. The van der Waals surface area contributed by atoms with Gasteiger partial charge < -0.3 is 10.1 Å². The zero-order chi connectivity index (χ0) is 18.4. The molecular weight excluding hydrogens is 318 g/mol. The van der Waals surface area contributed by atoms with Crippen molar-refractivity contribution in [2.75, 3.05) is 6.54 Å². The number of benzene rings is 2. The van der Waals surface area contributed by atoms with Gasteiger partial charge in [-0.1, -0.05) is 48.0 Å². The Labute approximate surface area is 147 Å². The fourth-order valence-corrected chi connectivity index (χ4v) is 2.32.